The first-order valence-electron chi connectivity index (χ1n) is 10.5. The maximum absolute atomic E-state index is 13.0. The maximum atomic E-state index is 13.0. The highest BCUT2D eigenvalue weighted by molar-refractivity contribution is 6.31. The van der Waals surface area contributed by atoms with E-state index in [0.29, 0.717) is 16.9 Å². The molecule has 2 aromatic heterocycles. The molecule has 0 radical (unpaired) electrons. The van der Waals surface area contributed by atoms with Gasteiger partial charge in [-0.3, -0.25) is 19.8 Å². The van der Waals surface area contributed by atoms with Crippen LogP contribution < -0.4 is 5.32 Å². The number of carbonyl (C=O) groups is 4. The number of imide groups is 2. The summed E-state index contributed by atoms with van der Waals surface area (Å²) >= 11 is 0. The Balaban J connectivity index is 1.74. The first-order chi connectivity index (χ1) is 16.2. The van der Waals surface area contributed by atoms with Gasteiger partial charge in [-0.15, -0.1) is 0 Å². The Labute approximate surface area is 195 Å². The summed E-state index contributed by atoms with van der Waals surface area (Å²) in [6, 6.07) is 9.57. The van der Waals surface area contributed by atoms with Crippen LogP contribution in [0.3, 0.4) is 0 Å². The number of ether oxygens (including phenoxy) is 1. The molecule has 9 nitrogen and oxygen atoms in total. The summed E-state index contributed by atoms with van der Waals surface area (Å²) in [5, 5.41) is 2.21. The van der Waals surface area contributed by atoms with Gasteiger partial charge in [0.15, 0.2) is 0 Å². The van der Waals surface area contributed by atoms with Gasteiger partial charge in [0.05, 0.1) is 25.5 Å². The maximum Gasteiger partial charge on any atom is 0.337 e. The molecule has 34 heavy (non-hydrogen) atoms. The number of aryl methyl sites for hydroxylation is 2. The van der Waals surface area contributed by atoms with E-state index < -0.39 is 23.8 Å². The zero-order chi connectivity index (χ0) is 24.6. The number of hydrogen-bond donors (Lipinski definition) is 1. The van der Waals surface area contributed by atoms with Crippen molar-refractivity contribution in [2.45, 2.75) is 27.3 Å². The van der Waals surface area contributed by atoms with Crippen molar-refractivity contribution in [1.29, 1.82) is 0 Å². The number of urea groups is 1. The number of methoxy groups -OCH3 is 1. The lowest BCUT2D eigenvalue weighted by Crippen LogP contribution is -2.53. The summed E-state index contributed by atoms with van der Waals surface area (Å²) < 4.78 is 12.0. The third kappa shape index (κ3) is 4.03. The van der Waals surface area contributed by atoms with Crippen molar-refractivity contribution < 1.29 is 28.3 Å². The molecule has 0 spiro atoms. The lowest BCUT2D eigenvalue weighted by atomic mass is 10.1. The molecule has 0 aliphatic carbocycles. The predicted molar refractivity (Wildman–Crippen MR) is 122 cm³/mol. The standard InChI is InChI=1S/C25H23N3O6/c1-14-7-8-17(24(31)33-4)12-21(14)28-15(2)10-18(16(28)3)11-20-22(29)26-25(32)27(23(20)30)13-19-6-5-9-34-19/h5-12H,13H2,1-4H3,(H,26,29,32)/b20-11+. The van der Waals surface area contributed by atoms with Gasteiger partial charge >= 0.3 is 12.0 Å². The Hall–Kier alpha value is -4.40. The van der Waals surface area contributed by atoms with Crippen LogP contribution in [0.15, 0.2) is 52.7 Å². The Morgan fingerprint density at radius 1 is 1.12 bits per heavy atom. The molecule has 3 heterocycles. The number of esters is 1. The van der Waals surface area contributed by atoms with Gasteiger partial charge in [0, 0.05) is 17.1 Å². The van der Waals surface area contributed by atoms with E-state index in [2.05, 4.69) is 5.32 Å². The third-order valence-corrected chi connectivity index (χ3v) is 5.72. The molecule has 0 saturated carbocycles. The number of furan rings is 1. The molecule has 9 heteroatoms. The molecule has 1 N–H and O–H groups in total. The zero-order valence-corrected chi connectivity index (χ0v) is 19.2. The van der Waals surface area contributed by atoms with Crippen molar-refractivity contribution in [2.75, 3.05) is 7.11 Å². The first-order valence-corrected chi connectivity index (χ1v) is 10.5. The minimum atomic E-state index is -0.802. The number of nitrogens with one attached hydrogen (secondary N) is 1. The number of barbiturate groups is 1. The van der Waals surface area contributed by atoms with Crippen molar-refractivity contribution in [3.63, 3.8) is 0 Å². The van der Waals surface area contributed by atoms with Crippen LogP contribution in [-0.2, 0) is 20.9 Å². The number of aromatic nitrogens is 1. The van der Waals surface area contributed by atoms with Crippen LogP contribution in [0.5, 0.6) is 0 Å². The van der Waals surface area contributed by atoms with Gasteiger partial charge in [-0.1, -0.05) is 6.07 Å². The van der Waals surface area contributed by atoms with Crippen molar-refractivity contribution in [1.82, 2.24) is 14.8 Å². The molecule has 0 unspecified atom stereocenters. The van der Waals surface area contributed by atoms with E-state index in [1.165, 1.54) is 19.4 Å². The summed E-state index contributed by atoms with van der Waals surface area (Å²) in [4.78, 5) is 50.8. The lowest BCUT2D eigenvalue weighted by molar-refractivity contribution is -0.130. The number of carbonyl (C=O) groups excluding carboxylic acids is 4. The fourth-order valence-corrected chi connectivity index (χ4v) is 3.95. The number of rotatable bonds is 5. The molecule has 1 saturated heterocycles. The normalized spacial score (nSPS) is 15.1. The first kappa shape index (κ1) is 22.8. The average Bonchev–Trinajstić information content (AvgIpc) is 3.41. The fourth-order valence-electron chi connectivity index (χ4n) is 3.95. The number of hydrogen-bond acceptors (Lipinski definition) is 6. The molecule has 1 aliphatic rings. The Morgan fingerprint density at radius 3 is 2.56 bits per heavy atom. The quantitative estimate of drug-likeness (QED) is 0.354. The van der Waals surface area contributed by atoms with Crippen LogP contribution in [0.1, 0.15) is 38.6 Å². The molecule has 1 aromatic carbocycles. The van der Waals surface area contributed by atoms with Crippen molar-refractivity contribution in [3.8, 4) is 5.69 Å². The summed E-state index contributed by atoms with van der Waals surface area (Å²) in [6.45, 7) is 5.56. The van der Waals surface area contributed by atoms with Crippen LogP contribution in [0.4, 0.5) is 4.79 Å². The van der Waals surface area contributed by atoms with Crippen molar-refractivity contribution in [3.05, 3.63) is 82.1 Å². The van der Waals surface area contributed by atoms with Crippen molar-refractivity contribution in [2.24, 2.45) is 0 Å². The minimum Gasteiger partial charge on any atom is -0.467 e. The predicted octanol–water partition coefficient (Wildman–Crippen LogP) is 3.44. The summed E-state index contributed by atoms with van der Waals surface area (Å²) in [5.41, 5.74) is 4.17. The fraction of sp³-hybridized carbons (Fsp3) is 0.200. The van der Waals surface area contributed by atoms with Gasteiger partial charge in [-0.25, -0.2) is 9.59 Å². The largest absolute Gasteiger partial charge is 0.467 e. The molecule has 4 amide bonds. The Bertz CT molecular complexity index is 1350. The van der Waals surface area contributed by atoms with Crippen LogP contribution in [-0.4, -0.2) is 40.4 Å². The summed E-state index contributed by atoms with van der Waals surface area (Å²) in [5.74, 6) is -1.51. The molecule has 4 rings (SSSR count). The minimum absolute atomic E-state index is 0.0964. The highest BCUT2D eigenvalue weighted by Gasteiger charge is 2.36. The lowest BCUT2D eigenvalue weighted by Gasteiger charge is -2.25. The topological polar surface area (TPSA) is 111 Å². The second kappa shape index (κ2) is 8.86. The van der Waals surface area contributed by atoms with Crippen LogP contribution in [0.25, 0.3) is 11.8 Å². The SMILES string of the molecule is COC(=O)c1ccc(C)c(-n2c(C)cc(/C=C3\C(=O)NC(=O)N(Cc4ccco4)C3=O)c2C)c1. The smallest absolute Gasteiger partial charge is 0.337 e. The molecule has 0 atom stereocenters. The van der Waals surface area contributed by atoms with Gasteiger partial charge < -0.3 is 13.7 Å². The van der Waals surface area contributed by atoms with E-state index in [4.69, 9.17) is 9.15 Å². The summed E-state index contributed by atoms with van der Waals surface area (Å²) in [6.07, 6.45) is 2.91. The van der Waals surface area contributed by atoms with Gasteiger partial charge in [-0.05, 0) is 68.3 Å². The number of nitrogens with zero attached hydrogens (tertiary/aromatic N) is 2. The number of amides is 4. The van der Waals surface area contributed by atoms with Crippen LogP contribution in [0.2, 0.25) is 0 Å². The van der Waals surface area contributed by atoms with E-state index in [-0.39, 0.29) is 12.1 Å². The second-order valence-corrected chi connectivity index (χ2v) is 7.94. The van der Waals surface area contributed by atoms with E-state index in [1.807, 2.05) is 37.5 Å². The molecular weight excluding hydrogens is 438 g/mol. The molecular formula is C25H23N3O6. The highest BCUT2D eigenvalue weighted by Crippen LogP contribution is 2.27. The number of benzene rings is 1. The zero-order valence-electron chi connectivity index (χ0n) is 19.2. The second-order valence-electron chi connectivity index (χ2n) is 7.94. The van der Waals surface area contributed by atoms with E-state index in [9.17, 15) is 19.2 Å². The van der Waals surface area contributed by atoms with Gasteiger partial charge in [-0.2, -0.15) is 0 Å². The molecule has 1 fully saturated rings. The van der Waals surface area contributed by atoms with Gasteiger partial charge in [0.25, 0.3) is 11.8 Å². The van der Waals surface area contributed by atoms with Crippen LogP contribution >= 0.6 is 0 Å². The molecule has 0 bridgehead atoms. The van der Waals surface area contributed by atoms with Crippen LogP contribution in [0, 0.1) is 20.8 Å². The molecule has 3 aromatic rings. The Morgan fingerprint density at radius 2 is 1.88 bits per heavy atom. The monoisotopic (exact) mass is 461 g/mol. The van der Waals surface area contributed by atoms with E-state index >= 15 is 0 Å². The third-order valence-electron chi connectivity index (χ3n) is 5.72. The Kier molecular flexibility index (Phi) is 5.93. The molecule has 1 aliphatic heterocycles. The van der Waals surface area contributed by atoms with E-state index in [1.54, 1.807) is 24.3 Å². The van der Waals surface area contributed by atoms with Gasteiger partial charge in [0.1, 0.15) is 11.3 Å². The van der Waals surface area contributed by atoms with Gasteiger partial charge in [0.2, 0.25) is 0 Å². The highest BCUT2D eigenvalue weighted by atomic mass is 16.5. The van der Waals surface area contributed by atoms with E-state index in [0.717, 1.165) is 27.5 Å². The average molecular weight is 461 g/mol. The summed E-state index contributed by atoms with van der Waals surface area (Å²) in [7, 11) is 1.32. The molecule has 174 valence electrons. The van der Waals surface area contributed by atoms with Crippen molar-refractivity contribution >= 4 is 29.9 Å².